The average molecular weight is 804 g/mol. The van der Waals surface area contributed by atoms with Gasteiger partial charge in [0.25, 0.3) is 0 Å². The van der Waals surface area contributed by atoms with Gasteiger partial charge in [-0.2, -0.15) is 0 Å². The van der Waals surface area contributed by atoms with Crippen LogP contribution in [0.2, 0.25) is 0 Å². The van der Waals surface area contributed by atoms with Gasteiger partial charge in [-0.05, 0) is 57.8 Å². The van der Waals surface area contributed by atoms with Crippen molar-refractivity contribution in [1.82, 2.24) is 5.32 Å². The van der Waals surface area contributed by atoms with Crippen molar-refractivity contribution in [1.29, 1.82) is 0 Å². The summed E-state index contributed by atoms with van der Waals surface area (Å²) in [6, 6.07) is -0.647. The Hall–Kier alpha value is -1.66. The Kier molecular flexibility index (Phi) is 45.7. The van der Waals surface area contributed by atoms with Crippen LogP contribution >= 0.6 is 0 Å². The summed E-state index contributed by atoms with van der Waals surface area (Å²) in [7, 11) is 0. The molecule has 0 radical (unpaired) electrons. The van der Waals surface area contributed by atoms with Gasteiger partial charge in [-0.3, -0.25) is 9.59 Å². The molecule has 0 heterocycles. The number of aliphatic hydroxyl groups excluding tert-OH is 2. The Labute approximate surface area is 354 Å². The lowest BCUT2D eigenvalue weighted by atomic mass is 10.0. The number of hydrogen-bond acceptors (Lipinski definition) is 5. The quantitative estimate of drug-likeness (QED) is 0.0324. The van der Waals surface area contributed by atoms with E-state index >= 15 is 0 Å². The molecule has 1 amide bonds. The largest absolute Gasteiger partial charge is 0.466 e. The minimum absolute atomic E-state index is 0.0307. The molecular weight excluding hydrogens is 707 g/mol. The summed E-state index contributed by atoms with van der Waals surface area (Å²) in [6.07, 6.45) is 54.6. The molecule has 6 heteroatoms. The summed E-state index contributed by atoms with van der Waals surface area (Å²) in [6.45, 7) is 4.83. The molecule has 0 saturated carbocycles. The van der Waals surface area contributed by atoms with Crippen molar-refractivity contribution in [2.75, 3.05) is 13.2 Å². The Bertz CT molecular complexity index is 889. The van der Waals surface area contributed by atoms with Gasteiger partial charge in [-0.1, -0.05) is 218 Å². The third-order valence-corrected chi connectivity index (χ3v) is 11.5. The lowest BCUT2D eigenvalue weighted by Crippen LogP contribution is -2.45. The molecule has 336 valence electrons. The number of unbranched alkanes of at least 4 members (excludes halogenated alkanes) is 33. The number of amides is 1. The Morgan fingerprint density at radius 3 is 1.25 bits per heavy atom. The molecule has 0 aromatic rings. The number of carbonyl (C=O) groups excluding carboxylic acids is 2. The van der Waals surface area contributed by atoms with E-state index in [0.717, 1.165) is 57.8 Å². The normalized spacial score (nSPS) is 12.8. The number of nitrogens with one attached hydrogen (secondary N) is 1. The molecule has 0 spiro atoms. The van der Waals surface area contributed by atoms with Gasteiger partial charge in [-0.15, -0.1) is 0 Å². The van der Waals surface area contributed by atoms with E-state index in [4.69, 9.17) is 4.74 Å². The molecule has 57 heavy (non-hydrogen) atoms. The summed E-state index contributed by atoms with van der Waals surface area (Å²) in [5, 5.41) is 23.0. The molecule has 2 atom stereocenters. The monoisotopic (exact) mass is 804 g/mol. The van der Waals surface area contributed by atoms with E-state index in [9.17, 15) is 19.8 Å². The second kappa shape index (κ2) is 47.0. The fourth-order valence-corrected chi connectivity index (χ4v) is 7.57. The first-order chi connectivity index (χ1) is 28.0. The highest BCUT2D eigenvalue weighted by atomic mass is 16.5. The number of allylic oxidation sites excluding steroid dienone is 3. The van der Waals surface area contributed by atoms with E-state index in [0.29, 0.717) is 19.4 Å². The second-order valence-electron chi connectivity index (χ2n) is 17.1. The Balaban J connectivity index is 3.50. The number of esters is 1. The average Bonchev–Trinajstić information content (AvgIpc) is 3.21. The van der Waals surface area contributed by atoms with Crippen molar-refractivity contribution >= 4 is 11.9 Å². The molecule has 0 aromatic carbocycles. The molecule has 0 bridgehead atoms. The minimum Gasteiger partial charge on any atom is -0.466 e. The molecule has 0 aromatic heterocycles. The van der Waals surface area contributed by atoms with Gasteiger partial charge in [0.1, 0.15) is 0 Å². The van der Waals surface area contributed by atoms with E-state index < -0.39 is 12.1 Å². The molecule has 2 unspecified atom stereocenters. The number of rotatable bonds is 46. The second-order valence-corrected chi connectivity index (χ2v) is 17.1. The number of carbonyl (C=O) groups is 2. The van der Waals surface area contributed by atoms with Crippen LogP contribution in [0, 0.1) is 0 Å². The maximum atomic E-state index is 12.4. The van der Waals surface area contributed by atoms with Crippen LogP contribution in [0.3, 0.4) is 0 Å². The van der Waals surface area contributed by atoms with E-state index in [1.807, 2.05) is 6.08 Å². The van der Waals surface area contributed by atoms with Crippen molar-refractivity contribution in [3.63, 3.8) is 0 Å². The topological polar surface area (TPSA) is 95.9 Å². The standard InChI is InChI=1S/C51H97NO5/c1-3-5-7-9-11-13-15-17-18-19-20-21-23-25-29-33-37-41-45-51(56)57-46-42-38-34-30-26-28-32-36-40-44-50(55)52-48(47-53)49(54)43-39-35-31-27-24-22-16-14-12-10-8-6-4-2/h18-19,39,43,48-49,53-54H,3-17,20-38,40-42,44-47H2,1-2H3,(H,52,55)/b19-18-,43-39+. The van der Waals surface area contributed by atoms with E-state index in [1.54, 1.807) is 6.08 Å². The maximum absolute atomic E-state index is 12.4. The predicted octanol–water partition coefficient (Wildman–Crippen LogP) is 14.7. The van der Waals surface area contributed by atoms with Gasteiger partial charge in [0.05, 0.1) is 25.4 Å². The Morgan fingerprint density at radius 1 is 0.474 bits per heavy atom. The van der Waals surface area contributed by atoms with Crippen molar-refractivity contribution in [2.45, 2.75) is 276 Å². The zero-order chi connectivity index (χ0) is 41.5. The first kappa shape index (κ1) is 55.3. The van der Waals surface area contributed by atoms with Crippen LogP contribution in [0.15, 0.2) is 24.3 Å². The molecule has 0 aliphatic heterocycles. The zero-order valence-electron chi connectivity index (χ0n) is 38.1. The number of hydrogen-bond donors (Lipinski definition) is 3. The van der Waals surface area contributed by atoms with Gasteiger partial charge in [0.2, 0.25) is 5.91 Å². The smallest absolute Gasteiger partial charge is 0.305 e. The molecule has 0 fully saturated rings. The van der Waals surface area contributed by atoms with Crippen LogP contribution in [0.1, 0.15) is 264 Å². The summed E-state index contributed by atoms with van der Waals surface area (Å²) < 4.78 is 5.45. The van der Waals surface area contributed by atoms with Crippen LogP contribution in [0.25, 0.3) is 0 Å². The van der Waals surface area contributed by atoms with E-state index in [1.165, 1.54) is 180 Å². The molecular formula is C51H97NO5. The van der Waals surface area contributed by atoms with Crippen molar-refractivity contribution in [3.05, 3.63) is 24.3 Å². The van der Waals surface area contributed by atoms with Gasteiger partial charge in [0, 0.05) is 12.8 Å². The third-order valence-electron chi connectivity index (χ3n) is 11.5. The number of ether oxygens (including phenoxy) is 1. The summed E-state index contributed by atoms with van der Waals surface area (Å²) in [4.78, 5) is 24.5. The molecule has 6 nitrogen and oxygen atoms in total. The van der Waals surface area contributed by atoms with Crippen molar-refractivity contribution in [3.8, 4) is 0 Å². The molecule has 0 rings (SSSR count). The van der Waals surface area contributed by atoms with Crippen LogP contribution in [0.5, 0.6) is 0 Å². The van der Waals surface area contributed by atoms with Crippen LogP contribution in [0.4, 0.5) is 0 Å². The summed E-state index contributed by atoms with van der Waals surface area (Å²) in [5.41, 5.74) is 0. The zero-order valence-corrected chi connectivity index (χ0v) is 38.1. The molecule has 0 aliphatic carbocycles. The van der Waals surface area contributed by atoms with Crippen molar-refractivity contribution < 1.29 is 24.5 Å². The lowest BCUT2D eigenvalue weighted by Gasteiger charge is -2.20. The van der Waals surface area contributed by atoms with Gasteiger partial charge in [0.15, 0.2) is 0 Å². The van der Waals surface area contributed by atoms with Crippen LogP contribution in [-0.2, 0) is 14.3 Å². The Morgan fingerprint density at radius 2 is 0.825 bits per heavy atom. The highest BCUT2D eigenvalue weighted by Gasteiger charge is 2.18. The fourth-order valence-electron chi connectivity index (χ4n) is 7.57. The lowest BCUT2D eigenvalue weighted by molar-refractivity contribution is -0.143. The highest BCUT2D eigenvalue weighted by molar-refractivity contribution is 5.76. The van der Waals surface area contributed by atoms with Crippen molar-refractivity contribution in [2.24, 2.45) is 0 Å². The predicted molar refractivity (Wildman–Crippen MR) is 246 cm³/mol. The molecule has 0 aliphatic rings. The van der Waals surface area contributed by atoms with Gasteiger partial charge < -0.3 is 20.3 Å². The van der Waals surface area contributed by atoms with Gasteiger partial charge in [-0.25, -0.2) is 0 Å². The van der Waals surface area contributed by atoms with Crippen LogP contribution in [-0.4, -0.2) is 47.4 Å². The molecule has 0 saturated heterocycles. The van der Waals surface area contributed by atoms with Gasteiger partial charge >= 0.3 is 5.97 Å². The van der Waals surface area contributed by atoms with E-state index in [-0.39, 0.29) is 18.5 Å². The summed E-state index contributed by atoms with van der Waals surface area (Å²) in [5.74, 6) is -0.127. The first-order valence-electron chi connectivity index (χ1n) is 25.1. The SMILES string of the molecule is CCCCCCCCC/C=C\CCCCCCCCCC(=O)OCCCCCCCCCCCC(=O)NC(CO)C(O)/C=C/CCCCCCCCCCCCC. The number of aliphatic hydroxyl groups is 2. The fraction of sp³-hybridized carbons (Fsp3) is 0.882. The van der Waals surface area contributed by atoms with E-state index in [2.05, 4.69) is 31.3 Å². The maximum Gasteiger partial charge on any atom is 0.305 e. The molecule has 3 N–H and O–H groups in total. The highest BCUT2D eigenvalue weighted by Crippen LogP contribution is 2.15. The minimum atomic E-state index is -0.861. The third kappa shape index (κ3) is 43.7. The van der Waals surface area contributed by atoms with Crippen LogP contribution < -0.4 is 5.32 Å². The first-order valence-corrected chi connectivity index (χ1v) is 25.1. The summed E-state index contributed by atoms with van der Waals surface area (Å²) >= 11 is 0.